The lowest BCUT2D eigenvalue weighted by Crippen LogP contribution is -2.48. The van der Waals surface area contributed by atoms with Crippen molar-refractivity contribution >= 4 is 15.7 Å². The van der Waals surface area contributed by atoms with E-state index < -0.39 is 26.7 Å². The molecule has 0 saturated carbocycles. The highest BCUT2D eigenvalue weighted by Gasteiger charge is 2.37. The topological polar surface area (TPSA) is 102 Å². The zero-order valence-corrected chi connectivity index (χ0v) is 15.0. The SMILES string of the molecule is COc1ccc(C2CNCCN2S(=O)(=O)c2ccccc2[N+](=O)[O-])cc1. The van der Waals surface area contributed by atoms with Crippen molar-refractivity contribution in [1.82, 2.24) is 9.62 Å². The van der Waals surface area contributed by atoms with Crippen LogP contribution in [0.15, 0.2) is 53.4 Å². The second-order valence-corrected chi connectivity index (χ2v) is 7.69. The van der Waals surface area contributed by atoms with Crippen molar-refractivity contribution in [3.8, 4) is 5.75 Å². The zero-order chi connectivity index (χ0) is 18.7. The lowest BCUT2D eigenvalue weighted by molar-refractivity contribution is -0.387. The van der Waals surface area contributed by atoms with Gasteiger partial charge in [0.25, 0.3) is 15.7 Å². The van der Waals surface area contributed by atoms with Crippen molar-refractivity contribution in [2.45, 2.75) is 10.9 Å². The third-order valence-electron chi connectivity index (χ3n) is 4.34. The molecule has 1 aliphatic heterocycles. The van der Waals surface area contributed by atoms with Crippen LogP contribution in [-0.2, 0) is 10.0 Å². The lowest BCUT2D eigenvalue weighted by atomic mass is 10.1. The Balaban J connectivity index is 2.02. The third kappa shape index (κ3) is 3.41. The molecule has 0 radical (unpaired) electrons. The van der Waals surface area contributed by atoms with E-state index in [1.165, 1.54) is 28.6 Å². The van der Waals surface area contributed by atoms with Gasteiger partial charge in [-0.2, -0.15) is 4.31 Å². The molecule has 9 heteroatoms. The van der Waals surface area contributed by atoms with Crippen molar-refractivity contribution in [2.24, 2.45) is 0 Å². The van der Waals surface area contributed by atoms with Gasteiger partial charge in [0, 0.05) is 25.7 Å². The molecule has 1 fully saturated rings. The first kappa shape index (κ1) is 18.3. The monoisotopic (exact) mass is 377 g/mol. The van der Waals surface area contributed by atoms with Gasteiger partial charge >= 0.3 is 0 Å². The second kappa shape index (κ2) is 7.40. The summed E-state index contributed by atoms with van der Waals surface area (Å²) in [6.45, 7) is 1.13. The Hall–Kier alpha value is -2.49. The van der Waals surface area contributed by atoms with Gasteiger partial charge in [0.15, 0.2) is 4.90 Å². The van der Waals surface area contributed by atoms with Crippen molar-refractivity contribution in [3.63, 3.8) is 0 Å². The average molecular weight is 377 g/mol. The predicted octanol–water partition coefficient (Wildman–Crippen LogP) is 1.94. The van der Waals surface area contributed by atoms with Gasteiger partial charge in [-0.05, 0) is 23.8 Å². The lowest BCUT2D eigenvalue weighted by Gasteiger charge is -2.35. The van der Waals surface area contributed by atoms with E-state index in [1.54, 1.807) is 31.4 Å². The summed E-state index contributed by atoms with van der Waals surface area (Å²) in [5.74, 6) is 0.672. The number of rotatable bonds is 5. The first-order chi connectivity index (χ1) is 12.4. The zero-order valence-electron chi connectivity index (χ0n) is 14.2. The number of ether oxygens (including phenoxy) is 1. The van der Waals surface area contributed by atoms with E-state index in [2.05, 4.69) is 5.32 Å². The first-order valence-electron chi connectivity index (χ1n) is 8.05. The van der Waals surface area contributed by atoms with Crippen LogP contribution in [0.4, 0.5) is 5.69 Å². The Bertz CT molecular complexity index is 899. The minimum Gasteiger partial charge on any atom is -0.497 e. The van der Waals surface area contributed by atoms with Gasteiger partial charge in [0.05, 0.1) is 18.1 Å². The number of nitro groups is 1. The summed E-state index contributed by atoms with van der Waals surface area (Å²) in [6.07, 6.45) is 0. The summed E-state index contributed by atoms with van der Waals surface area (Å²) in [6, 6.07) is 12.1. The Morgan fingerprint density at radius 1 is 1.19 bits per heavy atom. The van der Waals surface area contributed by atoms with Crippen LogP contribution >= 0.6 is 0 Å². The minimum absolute atomic E-state index is 0.227. The van der Waals surface area contributed by atoms with Crippen LogP contribution < -0.4 is 10.1 Å². The van der Waals surface area contributed by atoms with Crippen LogP contribution in [0, 0.1) is 10.1 Å². The number of nitro benzene ring substituents is 1. The van der Waals surface area contributed by atoms with Crippen LogP contribution in [0.25, 0.3) is 0 Å². The highest BCUT2D eigenvalue weighted by atomic mass is 32.2. The molecule has 26 heavy (non-hydrogen) atoms. The van der Waals surface area contributed by atoms with Crippen LogP contribution in [0.1, 0.15) is 11.6 Å². The van der Waals surface area contributed by atoms with Gasteiger partial charge in [-0.15, -0.1) is 0 Å². The molecule has 3 rings (SSSR count). The van der Waals surface area contributed by atoms with Gasteiger partial charge in [-0.1, -0.05) is 24.3 Å². The molecule has 0 bridgehead atoms. The summed E-state index contributed by atoms with van der Waals surface area (Å²) < 4.78 is 32.8. The van der Waals surface area contributed by atoms with Gasteiger partial charge in [0.1, 0.15) is 5.75 Å². The quantitative estimate of drug-likeness (QED) is 0.631. The van der Waals surface area contributed by atoms with Crippen molar-refractivity contribution < 1.29 is 18.1 Å². The fraction of sp³-hybridized carbons (Fsp3) is 0.294. The summed E-state index contributed by atoms with van der Waals surface area (Å²) in [5.41, 5.74) is 0.375. The molecule has 0 amide bonds. The van der Waals surface area contributed by atoms with E-state index in [-0.39, 0.29) is 11.4 Å². The number of para-hydroxylation sites is 1. The van der Waals surface area contributed by atoms with Crippen LogP contribution in [0.5, 0.6) is 5.75 Å². The molecular formula is C17H19N3O5S. The molecule has 1 saturated heterocycles. The number of hydrogen-bond acceptors (Lipinski definition) is 6. The maximum Gasteiger partial charge on any atom is 0.289 e. The van der Waals surface area contributed by atoms with Crippen LogP contribution in [0.3, 0.4) is 0 Å². The summed E-state index contributed by atoms with van der Waals surface area (Å²) >= 11 is 0. The number of sulfonamides is 1. The Labute approximate surface area is 151 Å². The Morgan fingerprint density at radius 2 is 1.88 bits per heavy atom. The van der Waals surface area contributed by atoms with Crippen LogP contribution in [-0.4, -0.2) is 44.4 Å². The van der Waals surface area contributed by atoms with Gasteiger partial charge in [0.2, 0.25) is 0 Å². The first-order valence-corrected chi connectivity index (χ1v) is 9.49. The molecule has 1 heterocycles. The Kier molecular flexibility index (Phi) is 5.21. The van der Waals surface area contributed by atoms with E-state index in [1.807, 2.05) is 0 Å². The predicted molar refractivity (Wildman–Crippen MR) is 95.6 cm³/mol. The van der Waals surface area contributed by atoms with Gasteiger partial charge in [-0.3, -0.25) is 10.1 Å². The molecule has 1 N–H and O–H groups in total. The standard InChI is InChI=1S/C17H19N3O5S/c1-25-14-8-6-13(7-9-14)16-12-18-10-11-19(16)26(23,24)17-5-3-2-4-15(17)20(21)22/h2-9,16,18H,10-12H2,1H3. The van der Waals surface area contributed by atoms with E-state index in [9.17, 15) is 18.5 Å². The van der Waals surface area contributed by atoms with Crippen molar-refractivity contribution in [3.05, 3.63) is 64.2 Å². The molecular weight excluding hydrogens is 358 g/mol. The summed E-state index contributed by atoms with van der Waals surface area (Å²) in [4.78, 5) is 10.3. The molecule has 2 aromatic rings. The second-order valence-electron chi connectivity index (χ2n) is 5.83. The molecule has 0 aliphatic carbocycles. The van der Waals surface area contributed by atoms with Crippen molar-refractivity contribution in [2.75, 3.05) is 26.7 Å². The largest absolute Gasteiger partial charge is 0.497 e. The number of hydrogen-bond donors (Lipinski definition) is 1. The molecule has 2 aromatic carbocycles. The minimum atomic E-state index is -4.03. The van der Waals surface area contributed by atoms with E-state index in [0.29, 0.717) is 18.8 Å². The molecule has 1 aliphatic rings. The van der Waals surface area contributed by atoms with E-state index in [0.717, 1.165) is 5.56 Å². The fourth-order valence-electron chi connectivity index (χ4n) is 3.04. The number of nitrogens with zero attached hydrogens (tertiary/aromatic N) is 2. The highest BCUT2D eigenvalue weighted by molar-refractivity contribution is 7.89. The molecule has 8 nitrogen and oxygen atoms in total. The number of nitrogens with one attached hydrogen (secondary N) is 1. The normalized spacial score (nSPS) is 18.4. The van der Waals surface area contributed by atoms with Gasteiger partial charge < -0.3 is 10.1 Å². The van der Waals surface area contributed by atoms with E-state index in [4.69, 9.17) is 4.74 Å². The molecule has 0 aromatic heterocycles. The molecule has 0 spiro atoms. The Morgan fingerprint density at radius 3 is 2.54 bits per heavy atom. The third-order valence-corrected chi connectivity index (χ3v) is 6.30. The maximum atomic E-state index is 13.2. The number of piperazine rings is 1. The maximum absolute atomic E-state index is 13.2. The fourth-order valence-corrected chi connectivity index (χ4v) is 4.81. The van der Waals surface area contributed by atoms with E-state index >= 15 is 0 Å². The summed E-state index contributed by atoms with van der Waals surface area (Å²) in [5, 5.41) is 14.5. The molecule has 138 valence electrons. The highest BCUT2D eigenvalue weighted by Crippen LogP contribution is 2.33. The average Bonchev–Trinajstić information content (AvgIpc) is 2.68. The van der Waals surface area contributed by atoms with Gasteiger partial charge in [-0.25, -0.2) is 8.42 Å². The van der Waals surface area contributed by atoms with Crippen molar-refractivity contribution in [1.29, 1.82) is 0 Å². The smallest absolute Gasteiger partial charge is 0.289 e. The molecule has 1 atom stereocenters. The number of benzene rings is 2. The molecule has 1 unspecified atom stereocenters. The number of methoxy groups -OCH3 is 1. The van der Waals surface area contributed by atoms with Crippen LogP contribution in [0.2, 0.25) is 0 Å². The summed E-state index contributed by atoms with van der Waals surface area (Å²) in [7, 11) is -2.47.